The largest absolute Gasteiger partial charge is 0.396 e. The molecule has 1 saturated carbocycles. The van der Waals surface area contributed by atoms with Gasteiger partial charge in [0.2, 0.25) is 0 Å². The quantitative estimate of drug-likeness (QED) is 0.879. The van der Waals surface area contributed by atoms with Crippen LogP contribution in [0.2, 0.25) is 0 Å². The molecule has 2 N–H and O–H groups in total. The molecule has 0 aliphatic heterocycles. The molecular formula is C16H23N3O. The van der Waals surface area contributed by atoms with E-state index < -0.39 is 0 Å². The maximum atomic E-state index is 9.71. The van der Waals surface area contributed by atoms with E-state index in [-0.39, 0.29) is 5.41 Å². The van der Waals surface area contributed by atoms with Crippen molar-refractivity contribution < 1.29 is 5.11 Å². The molecule has 0 radical (unpaired) electrons. The molecule has 0 unspecified atom stereocenters. The zero-order valence-corrected chi connectivity index (χ0v) is 11.9. The summed E-state index contributed by atoms with van der Waals surface area (Å²) in [6.07, 6.45) is 9.99. The van der Waals surface area contributed by atoms with E-state index in [1.807, 2.05) is 29.0 Å². The van der Waals surface area contributed by atoms with Crippen molar-refractivity contribution in [2.75, 3.05) is 13.2 Å². The second-order valence-corrected chi connectivity index (χ2v) is 6.02. The molecule has 0 aromatic carbocycles. The van der Waals surface area contributed by atoms with Gasteiger partial charge >= 0.3 is 0 Å². The number of fused-ring (bicyclic) bond motifs is 1. The van der Waals surface area contributed by atoms with Crippen molar-refractivity contribution in [3.8, 4) is 0 Å². The van der Waals surface area contributed by atoms with Gasteiger partial charge < -0.3 is 10.4 Å². The molecule has 4 heteroatoms. The number of aliphatic hydroxyl groups is 1. The fraction of sp³-hybridized carbons (Fsp3) is 0.562. The third kappa shape index (κ3) is 2.72. The Kier molecular flexibility index (Phi) is 4.03. The number of aliphatic hydroxyl groups excluding tert-OH is 1. The predicted molar refractivity (Wildman–Crippen MR) is 79.5 cm³/mol. The van der Waals surface area contributed by atoms with Crippen LogP contribution in [0, 0.1) is 5.41 Å². The van der Waals surface area contributed by atoms with Crippen LogP contribution in [0.5, 0.6) is 0 Å². The predicted octanol–water partition coefficient (Wildman–Crippen LogP) is 2.37. The van der Waals surface area contributed by atoms with Gasteiger partial charge in [-0.05, 0) is 25.0 Å². The zero-order chi connectivity index (χ0) is 13.8. The van der Waals surface area contributed by atoms with Crippen LogP contribution in [0.1, 0.15) is 37.7 Å². The highest BCUT2D eigenvalue weighted by Crippen LogP contribution is 2.35. The lowest BCUT2D eigenvalue weighted by Gasteiger charge is -2.35. The number of hydrogen-bond donors (Lipinski definition) is 2. The van der Waals surface area contributed by atoms with E-state index in [4.69, 9.17) is 0 Å². The monoisotopic (exact) mass is 273 g/mol. The first-order valence-electron chi connectivity index (χ1n) is 7.56. The van der Waals surface area contributed by atoms with Gasteiger partial charge in [-0.15, -0.1) is 0 Å². The van der Waals surface area contributed by atoms with Crippen molar-refractivity contribution in [2.45, 2.75) is 38.6 Å². The van der Waals surface area contributed by atoms with Crippen LogP contribution >= 0.6 is 0 Å². The molecule has 0 amide bonds. The Morgan fingerprint density at radius 2 is 2.10 bits per heavy atom. The first kappa shape index (κ1) is 13.6. The van der Waals surface area contributed by atoms with Gasteiger partial charge in [-0.1, -0.05) is 25.3 Å². The van der Waals surface area contributed by atoms with Crippen LogP contribution in [0.4, 0.5) is 0 Å². The summed E-state index contributed by atoms with van der Waals surface area (Å²) in [5.41, 5.74) is 2.47. The van der Waals surface area contributed by atoms with Crippen molar-refractivity contribution in [1.82, 2.24) is 14.9 Å². The molecule has 1 aliphatic carbocycles. The summed E-state index contributed by atoms with van der Waals surface area (Å²) in [6, 6.07) is 6.11. The normalized spacial score (nSPS) is 18.4. The number of nitrogens with one attached hydrogen (secondary N) is 1. The highest BCUT2D eigenvalue weighted by molar-refractivity contribution is 5.53. The van der Waals surface area contributed by atoms with Crippen molar-refractivity contribution in [1.29, 1.82) is 0 Å². The van der Waals surface area contributed by atoms with Gasteiger partial charge in [-0.25, -0.2) is 4.52 Å². The molecule has 0 atom stereocenters. The molecule has 1 aliphatic rings. The van der Waals surface area contributed by atoms with Gasteiger partial charge in [-0.2, -0.15) is 5.10 Å². The average molecular weight is 273 g/mol. The molecule has 2 heterocycles. The Morgan fingerprint density at radius 3 is 2.90 bits per heavy atom. The van der Waals surface area contributed by atoms with Gasteiger partial charge in [0, 0.05) is 36.9 Å². The summed E-state index contributed by atoms with van der Waals surface area (Å²) in [7, 11) is 0. The van der Waals surface area contributed by atoms with Crippen LogP contribution in [0.25, 0.3) is 5.52 Å². The number of hydrogen-bond acceptors (Lipinski definition) is 3. The van der Waals surface area contributed by atoms with E-state index in [0.29, 0.717) is 6.61 Å². The van der Waals surface area contributed by atoms with Crippen molar-refractivity contribution in [2.24, 2.45) is 5.41 Å². The number of aromatic nitrogens is 2. The highest BCUT2D eigenvalue weighted by atomic mass is 16.3. The van der Waals surface area contributed by atoms with Crippen LogP contribution in [0.3, 0.4) is 0 Å². The Balaban J connectivity index is 1.62. The summed E-state index contributed by atoms with van der Waals surface area (Å²) in [4.78, 5) is 0. The SMILES string of the molecule is OCC1(CNCc2cnn3ccccc23)CCCCC1. The van der Waals surface area contributed by atoms with Crippen molar-refractivity contribution >= 4 is 5.52 Å². The number of nitrogens with zero attached hydrogens (tertiary/aromatic N) is 2. The summed E-state index contributed by atoms with van der Waals surface area (Å²) in [5, 5.41) is 17.6. The number of pyridine rings is 1. The van der Waals surface area contributed by atoms with E-state index in [9.17, 15) is 5.11 Å². The lowest BCUT2D eigenvalue weighted by Crippen LogP contribution is -2.38. The van der Waals surface area contributed by atoms with E-state index in [0.717, 1.165) is 31.4 Å². The third-order valence-corrected chi connectivity index (χ3v) is 4.57. The van der Waals surface area contributed by atoms with E-state index in [1.165, 1.54) is 24.8 Å². The fourth-order valence-electron chi connectivity index (χ4n) is 3.28. The highest BCUT2D eigenvalue weighted by Gasteiger charge is 2.30. The summed E-state index contributed by atoms with van der Waals surface area (Å²) >= 11 is 0. The first-order valence-corrected chi connectivity index (χ1v) is 7.56. The maximum absolute atomic E-state index is 9.71. The molecule has 4 nitrogen and oxygen atoms in total. The molecule has 0 saturated heterocycles. The molecule has 2 aromatic heterocycles. The van der Waals surface area contributed by atoms with Gasteiger partial charge in [0.05, 0.1) is 11.7 Å². The van der Waals surface area contributed by atoms with Crippen molar-refractivity contribution in [3.63, 3.8) is 0 Å². The molecule has 108 valence electrons. The topological polar surface area (TPSA) is 49.6 Å². The Bertz CT molecular complexity index is 558. The zero-order valence-electron chi connectivity index (χ0n) is 11.9. The Morgan fingerprint density at radius 1 is 1.25 bits per heavy atom. The van der Waals surface area contributed by atoms with Gasteiger partial charge in [0.15, 0.2) is 0 Å². The van der Waals surface area contributed by atoms with Gasteiger partial charge in [0.1, 0.15) is 0 Å². The smallest absolute Gasteiger partial charge is 0.0706 e. The number of rotatable bonds is 5. The minimum atomic E-state index is 0.0984. The summed E-state index contributed by atoms with van der Waals surface area (Å²) < 4.78 is 1.90. The molecule has 0 spiro atoms. The average Bonchev–Trinajstić information content (AvgIpc) is 2.92. The Hall–Kier alpha value is -1.39. The minimum Gasteiger partial charge on any atom is -0.396 e. The van der Waals surface area contributed by atoms with Crippen LogP contribution in [-0.2, 0) is 6.54 Å². The van der Waals surface area contributed by atoms with Gasteiger partial charge in [-0.3, -0.25) is 0 Å². The standard InChI is InChI=1S/C16H23N3O/c20-13-16(7-3-1-4-8-16)12-17-10-14-11-18-19-9-5-2-6-15(14)19/h2,5-6,9,11,17,20H,1,3-4,7-8,10,12-13H2. The summed E-state index contributed by atoms with van der Waals surface area (Å²) in [6.45, 7) is 2.01. The first-order chi connectivity index (χ1) is 9.83. The molecule has 20 heavy (non-hydrogen) atoms. The molecular weight excluding hydrogens is 250 g/mol. The lowest BCUT2D eigenvalue weighted by molar-refractivity contribution is 0.0811. The molecule has 3 rings (SSSR count). The second-order valence-electron chi connectivity index (χ2n) is 6.02. The summed E-state index contributed by atoms with van der Waals surface area (Å²) in [5.74, 6) is 0. The molecule has 1 fully saturated rings. The fourth-order valence-corrected chi connectivity index (χ4v) is 3.28. The van der Waals surface area contributed by atoms with E-state index in [2.05, 4.69) is 16.5 Å². The van der Waals surface area contributed by atoms with Crippen LogP contribution < -0.4 is 5.32 Å². The molecule has 2 aromatic rings. The maximum Gasteiger partial charge on any atom is 0.0706 e. The van der Waals surface area contributed by atoms with E-state index >= 15 is 0 Å². The van der Waals surface area contributed by atoms with Crippen LogP contribution in [0.15, 0.2) is 30.6 Å². The third-order valence-electron chi connectivity index (χ3n) is 4.57. The minimum absolute atomic E-state index is 0.0984. The van der Waals surface area contributed by atoms with Crippen LogP contribution in [-0.4, -0.2) is 27.9 Å². The van der Waals surface area contributed by atoms with Crippen molar-refractivity contribution in [3.05, 3.63) is 36.2 Å². The van der Waals surface area contributed by atoms with Gasteiger partial charge in [0.25, 0.3) is 0 Å². The lowest BCUT2D eigenvalue weighted by atomic mass is 9.74. The second kappa shape index (κ2) is 5.94. The van der Waals surface area contributed by atoms with E-state index in [1.54, 1.807) is 0 Å². The Labute approximate surface area is 119 Å². The molecule has 0 bridgehead atoms.